The van der Waals surface area contributed by atoms with E-state index in [0.717, 1.165) is 12.8 Å². The number of aliphatic hydroxyl groups is 4. The van der Waals surface area contributed by atoms with Crippen LogP contribution in [-0.4, -0.2) is 56.9 Å². The molecular weight excluding hydrogens is 480 g/mol. The summed E-state index contributed by atoms with van der Waals surface area (Å²) in [4.78, 5) is 12.6. The van der Waals surface area contributed by atoms with Gasteiger partial charge in [0.05, 0.1) is 24.4 Å². The third kappa shape index (κ3) is 12.2. The first-order valence-corrected chi connectivity index (χ1v) is 14.1. The first-order chi connectivity index (χ1) is 17.9. The summed E-state index contributed by atoms with van der Waals surface area (Å²) in [6.07, 6.45) is 14.2. The van der Waals surface area contributed by atoms with Crippen molar-refractivity contribution in [2.75, 3.05) is 0 Å². The number of esters is 1. The van der Waals surface area contributed by atoms with Crippen molar-refractivity contribution in [3.05, 3.63) is 61.3 Å². The number of cyclic esters (lactones) is 1. The van der Waals surface area contributed by atoms with Crippen LogP contribution >= 0.6 is 0 Å². The van der Waals surface area contributed by atoms with E-state index in [1.54, 1.807) is 30.4 Å². The molecule has 0 spiro atoms. The average molecular weight is 533 g/mol. The van der Waals surface area contributed by atoms with Crippen LogP contribution in [0.15, 0.2) is 61.3 Å². The maximum Gasteiger partial charge on any atom is 0.331 e. The Labute approximate surface area is 230 Å². The largest absolute Gasteiger partial charge is 0.458 e. The third-order valence-electron chi connectivity index (χ3n) is 7.78. The Balaban J connectivity index is 3.17. The molecule has 0 saturated carbocycles. The maximum absolute atomic E-state index is 12.6. The van der Waals surface area contributed by atoms with E-state index < -0.39 is 36.5 Å². The molecule has 1 rings (SSSR count). The van der Waals surface area contributed by atoms with Crippen LogP contribution in [-0.2, 0) is 9.53 Å². The number of hydrogen-bond donors (Lipinski definition) is 4. The van der Waals surface area contributed by atoms with Crippen LogP contribution < -0.4 is 0 Å². The Hall–Kier alpha value is -1.99. The van der Waals surface area contributed by atoms with Crippen molar-refractivity contribution in [1.82, 2.24) is 0 Å². The number of carbonyl (C=O) groups is 1. The Morgan fingerprint density at radius 2 is 1.61 bits per heavy atom. The third-order valence-corrected chi connectivity index (χ3v) is 7.78. The molecule has 0 aromatic carbocycles. The minimum absolute atomic E-state index is 0.0366. The van der Waals surface area contributed by atoms with Crippen LogP contribution in [0, 0.1) is 35.5 Å². The van der Waals surface area contributed by atoms with Gasteiger partial charge >= 0.3 is 5.97 Å². The summed E-state index contributed by atoms with van der Waals surface area (Å²) >= 11 is 0. The summed E-state index contributed by atoms with van der Waals surface area (Å²) in [5.74, 6) is -0.976. The Morgan fingerprint density at radius 3 is 2.26 bits per heavy atom. The predicted octanol–water partition coefficient (Wildman–Crippen LogP) is 5.14. The van der Waals surface area contributed by atoms with Crippen molar-refractivity contribution in [3.63, 3.8) is 0 Å². The van der Waals surface area contributed by atoms with Gasteiger partial charge in [0.15, 0.2) is 0 Å². The van der Waals surface area contributed by atoms with Crippen molar-refractivity contribution in [2.24, 2.45) is 35.5 Å². The number of ether oxygens (including phenoxy) is 1. The summed E-state index contributed by atoms with van der Waals surface area (Å²) in [6.45, 7) is 15.5. The highest BCUT2D eigenvalue weighted by atomic mass is 16.5. The van der Waals surface area contributed by atoms with Gasteiger partial charge in [-0.3, -0.25) is 0 Å². The van der Waals surface area contributed by atoms with Crippen molar-refractivity contribution in [1.29, 1.82) is 0 Å². The second-order valence-corrected chi connectivity index (χ2v) is 11.4. The smallest absolute Gasteiger partial charge is 0.331 e. The lowest BCUT2D eigenvalue weighted by atomic mass is 9.82. The second kappa shape index (κ2) is 17.6. The van der Waals surface area contributed by atoms with E-state index in [2.05, 4.69) is 13.5 Å². The Bertz CT molecular complexity index is 815. The van der Waals surface area contributed by atoms with Gasteiger partial charge in [0.1, 0.15) is 6.10 Å². The zero-order valence-corrected chi connectivity index (χ0v) is 24.2. The van der Waals surface area contributed by atoms with E-state index in [0.29, 0.717) is 6.42 Å². The highest BCUT2D eigenvalue weighted by molar-refractivity contribution is 5.82. The standard InChI is InChI=1S/C32H52O6/c1-8-9-12-24(5)32-26(7)28(34)18-15-21(2)19-25(6)31(37)23(4)16-17-27(33)20-29(35)22(3)13-10-11-14-30(36)38-32/h8-14,16-17,21-29,31-35,37H,1,15,18-20H2,2-7H3/b12-9-,13-10+,14-11-,17-16-/t21-,22+,23-,24-,25-,26-,27+,28+,29-,31-,32?/m0/s1. The topological polar surface area (TPSA) is 107 Å². The lowest BCUT2D eigenvalue weighted by Gasteiger charge is -2.31. The molecule has 1 unspecified atom stereocenters. The van der Waals surface area contributed by atoms with Crippen LogP contribution in [0.5, 0.6) is 0 Å². The van der Waals surface area contributed by atoms with E-state index in [1.807, 2.05) is 52.8 Å². The molecule has 0 fully saturated rings. The molecular formula is C32H52O6. The van der Waals surface area contributed by atoms with E-state index in [4.69, 9.17) is 4.74 Å². The molecule has 0 saturated heterocycles. The zero-order valence-electron chi connectivity index (χ0n) is 24.2. The van der Waals surface area contributed by atoms with Gasteiger partial charge in [0.25, 0.3) is 0 Å². The van der Waals surface area contributed by atoms with Crippen LogP contribution in [0.25, 0.3) is 0 Å². The summed E-state index contributed by atoms with van der Waals surface area (Å²) < 4.78 is 5.81. The molecule has 1 aliphatic heterocycles. The molecule has 0 aromatic rings. The summed E-state index contributed by atoms with van der Waals surface area (Å²) in [6, 6.07) is 0. The monoisotopic (exact) mass is 532 g/mol. The highest BCUT2D eigenvalue weighted by Gasteiger charge is 2.31. The van der Waals surface area contributed by atoms with Crippen molar-refractivity contribution >= 4 is 5.97 Å². The van der Waals surface area contributed by atoms with E-state index >= 15 is 0 Å². The maximum atomic E-state index is 12.6. The molecule has 6 heteroatoms. The molecule has 11 atom stereocenters. The van der Waals surface area contributed by atoms with Crippen molar-refractivity contribution in [2.45, 2.75) is 97.7 Å². The predicted molar refractivity (Wildman–Crippen MR) is 154 cm³/mol. The second-order valence-electron chi connectivity index (χ2n) is 11.4. The molecule has 0 aliphatic carbocycles. The molecule has 0 amide bonds. The zero-order chi connectivity index (χ0) is 28.8. The number of rotatable bonds is 3. The number of hydrogen-bond acceptors (Lipinski definition) is 6. The van der Waals surface area contributed by atoms with E-state index in [9.17, 15) is 25.2 Å². The summed E-state index contributed by atoms with van der Waals surface area (Å²) in [5, 5.41) is 42.7. The van der Waals surface area contributed by atoms with Crippen LogP contribution in [0.2, 0.25) is 0 Å². The molecule has 0 aromatic heterocycles. The average Bonchev–Trinajstić information content (AvgIpc) is 2.88. The van der Waals surface area contributed by atoms with Crippen LogP contribution in [0.1, 0.15) is 67.2 Å². The molecule has 4 N–H and O–H groups in total. The molecule has 1 aliphatic rings. The molecule has 38 heavy (non-hydrogen) atoms. The molecule has 0 radical (unpaired) electrons. The van der Waals surface area contributed by atoms with Gasteiger partial charge in [0.2, 0.25) is 0 Å². The number of carbonyl (C=O) groups excluding carboxylic acids is 1. The van der Waals surface area contributed by atoms with Gasteiger partial charge < -0.3 is 25.2 Å². The van der Waals surface area contributed by atoms with Gasteiger partial charge in [-0.2, -0.15) is 0 Å². The van der Waals surface area contributed by atoms with Gasteiger partial charge in [-0.05, 0) is 31.1 Å². The number of allylic oxidation sites excluding steroid dienone is 4. The van der Waals surface area contributed by atoms with Gasteiger partial charge in [-0.25, -0.2) is 4.79 Å². The Kier molecular flexibility index (Phi) is 15.7. The quantitative estimate of drug-likeness (QED) is 0.228. The first kappa shape index (κ1) is 34.0. The first-order valence-electron chi connectivity index (χ1n) is 14.1. The minimum Gasteiger partial charge on any atom is -0.458 e. The summed E-state index contributed by atoms with van der Waals surface area (Å²) in [5.41, 5.74) is 0. The van der Waals surface area contributed by atoms with Gasteiger partial charge in [-0.1, -0.05) is 96.7 Å². The fourth-order valence-corrected chi connectivity index (χ4v) is 5.04. The van der Waals surface area contributed by atoms with Crippen molar-refractivity contribution in [3.8, 4) is 0 Å². The molecule has 1 heterocycles. The van der Waals surface area contributed by atoms with E-state index in [1.165, 1.54) is 6.08 Å². The lowest BCUT2D eigenvalue weighted by Crippen LogP contribution is -2.37. The SMILES string of the molecule is C=C/C=C\[C@H](C)C1OC(=O)/C=C\C=C\[C@@H](C)[C@@H](O)C[C@H](O)/C=C\[C@H](C)[C@H](O)[C@@H](C)C[C@@H](C)CC[C@@H](O)[C@@H]1C. The highest BCUT2D eigenvalue weighted by Crippen LogP contribution is 2.28. The van der Waals surface area contributed by atoms with Crippen molar-refractivity contribution < 1.29 is 30.0 Å². The van der Waals surface area contributed by atoms with Crippen LogP contribution in [0.4, 0.5) is 0 Å². The fraction of sp³-hybridized carbons (Fsp3) is 0.656. The fourth-order valence-electron chi connectivity index (χ4n) is 5.04. The van der Waals surface area contributed by atoms with Crippen LogP contribution in [0.3, 0.4) is 0 Å². The minimum atomic E-state index is -0.828. The Morgan fingerprint density at radius 1 is 0.921 bits per heavy atom. The lowest BCUT2D eigenvalue weighted by molar-refractivity contribution is -0.150. The van der Waals surface area contributed by atoms with Gasteiger partial charge in [0, 0.05) is 36.2 Å². The normalized spacial score (nSPS) is 40.7. The summed E-state index contributed by atoms with van der Waals surface area (Å²) in [7, 11) is 0. The molecule has 6 nitrogen and oxygen atoms in total. The van der Waals surface area contributed by atoms with E-state index in [-0.39, 0.29) is 41.9 Å². The van der Waals surface area contributed by atoms with Gasteiger partial charge in [-0.15, -0.1) is 0 Å². The molecule has 216 valence electrons. The molecule has 0 bridgehead atoms. The number of aliphatic hydroxyl groups excluding tert-OH is 4.